The molecule has 0 spiro atoms. The maximum atomic E-state index is 5.09. The first kappa shape index (κ1) is 25.0. The summed E-state index contributed by atoms with van der Waals surface area (Å²) in [5.74, 6) is 1.90. The third-order valence-electron chi connectivity index (χ3n) is 8.97. The van der Waals surface area contributed by atoms with Crippen molar-refractivity contribution in [2.24, 2.45) is 0 Å². The highest BCUT2D eigenvalue weighted by atomic mass is 15.0. The van der Waals surface area contributed by atoms with Crippen molar-refractivity contribution in [3.05, 3.63) is 146 Å². The normalized spacial score (nSPS) is 11.9. The van der Waals surface area contributed by atoms with E-state index < -0.39 is 0 Å². The minimum absolute atomic E-state index is 0.620. The van der Waals surface area contributed by atoms with Crippen LogP contribution in [0, 0.1) is 0 Å². The molecule has 0 bridgehead atoms. The number of imidazole rings is 1. The summed E-state index contributed by atoms with van der Waals surface area (Å²) < 4.78 is 4.64. The molecule has 0 amide bonds. The molecule has 0 radical (unpaired) electrons. The van der Waals surface area contributed by atoms with Gasteiger partial charge in [-0.1, -0.05) is 109 Å². The second kappa shape index (κ2) is 9.55. The van der Waals surface area contributed by atoms with Gasteiger partial charge in [0, 0.05) is 38.2 Å². The highest BCUT2D eigenvalue weighted by molar-refractivity contribution is 6.19. The summed E-state index contributed by atoms with van der Waals surface area (Å²) in [6.45, 7) is 0. The van der Waals surface area contributed by atoms with Crippen molar-refractivity contribution < 1.29 is 0 Å². The molecule has 4 heterocycles. The fourth-order valence-corrected chi connectivity index (χ4v) is 6.94. The van der Waals surface area contributed by atoms with Gasteiger partial charge in [-0.3, -0.25) is 4.40 Å². The van der Waals surface area contributed by atoms with Crippen molar-refractivity contribution in [1.29, 1.82) is 0 Å². The summed E-state index contributed by atoms with van der Waals surface area (Å²) in [6, 6.07) is 48.3. The topological polar surface area (TPSA) is 60.4 Å². The molecule has 0 aliphatic carbocycles. The fraction of sp³-hybridized carbons (Fsp3) is 0. The molecule has 4 aromatic heterocycles. The second-order valence-electron chi connectivity index (χ2n) is 11.6. The van der Waals surface area contributed by atoms with E-state index in [1.54, 1.807) is 0 Å². The lowest BCUT2D eigenvalue weighted by Crippen LogP contribution is -2.00. The van der Waals surface area contributed by atoms with Gasteiger partial charge in [-0.25, -0.2) is 19.9 Å². The van der Waals surface area contributed by atoms with Gasteiger partial charge in [0.15, 0.2) is 17.5 Å². The summed E-state index contributed by atoms with van der Waals surface area (Å²) >= 11 is 0. The van der Waals surface area contributed by atoms with E-state index in [0.717, 1.165) is 60.6 Å². The Balaban J connectivity index is 1.40. The first-order chi connectivity index (χ1) is 22.8. The molecule has 6 nitrogen and oxygen atoms in total. The minimum atomic E-state index is 0.620. The smallest absolute Gasteiger partial charge is 0.164 e. The SMILES string of the molecule is c1ccc(-c2nc(-c3ccccc3)nc(-c3cc4c5ccccc5n5c6ccccc6c6cccc7ncn(c(c3)c45)c76)n2)cc1. The molecule has 0 N–H and O–H groups in total. The predicted octanol–water partition coefficient (Wildman–Crippen LogP) is 9.39. The molecular weight excluding hydrogens is 564 g/mol. The maximum Gasteiger partial charge on any atom is 0.164 e. The van der Waals surface area contributed by atoms with Crippen molar-refractivity contribution in [2.45, 2.75) is 0 Å². The van der Waals surface area contributed by atoms with E-state index in [-0.39, 0.29) is 0 Å². The van der Waals surface area contributed by atoms with Gasteiger partial charge in [-0.05, 0) is 30.3 Å². The van der Waals surface area contributed by atoms with Gasteiger partial charge in [0.05, 0.1) is 33.1 Å². The number of para-hydroxylation sites is 3. The quantitative estimate of drug-likeness (QED) is 0.206. The number of nitrogens with zero attached hydrogens (tertiary/aromatic N) is 6. The van der Waals surface area contributed by atoms with Crippen molar-refractivity contribution in [2.75, 3.05) is 0 Å². The Hall–Kier alpha value is -6.40. The van der Waals surface area contributed by atoms with Crippen LogP contribution in [0.5, 0.6) is 0 Å². The molecule has 214 valence electrons. The Morgan fingerprint density at radius 3 is 1.59 bits per heavy atom. The number of fused-ring (bicyclic) bond motifs is 7. The average Bonchev–Trinajstić information content (AvgIpc) is 3.71. The number of hydrogen-bond donors (Lipinski definition) is 0. The number of hydrogen-bond acceptors (Lipinski definition) is 4. The van der Waals surface area contributed by atoms with E-state index in [1.807, 2.05) is 67.0 Å². The molecule has 0 unspecified atom stereocenters. The zero-order valence-corrected chi connectivity index (χ0v) is 24.5. The van der Waals surface area contributed by atoms with E-state index in [1.165, 1.54) is 10.8 Å². The van der Waals surface area contributed by atoms with Crippen LogP contribution < -0.4 is 0 Å². The van der Waals surface area contributed by atoms with Gasteiger partial charge in [-0.15, -0.1) is 0 Å². The predicted molar refractivity (Wildman–Crippen MR) is 186 cm³/mol. The standard InChI is InChI=1S/C40H24N6/c1-3-12-25(13-4-1)38-42-39(26-14-5-2-6-15-26)44-40(43-38)27-22-31-29-17-8-10-21-34(29)46-33-20-9-7-16-28(33)30-18-11-19-32-36(30)45(24-41-32)35(23-27)37(31)46/h1-24H. The van der Waals surface area contributed by atoms with Gasteiger partial charge >= 0.3 is 0 Å². The van der Waals surface area contributed by atoms with Crippen LogP contribution in [0.3, 0.4) is 0 Å². The van der Waals surface area contributed by atoms with Crippen LogP contribution in [-0.4, -0.2) is 28.7 Å². The third-order valence-corrected chi connectivity index (χ3v) is 8.97. The van der Waals surface area contributed by atoms with Crippen LogP contribution in [-0.2, 0) is 0 Å². The molecule has 0 saturated carbocycles. The lowest BCUT2D eigenvalue weighted by atomic mass is 10.1. The Kier molecular flexibility index (Phi) is 5.19. The lowest BCUT2D eigenvalue weighted by Gasteiger charge is -2.12. The Morgan fingerprint density at radius 2 is 0.935 bits per heavy atom. The highest BCUT2D eigenvalue weighted by Gasteiger charge is 2.20. The van der Waals surface area contributed by atoms with Gasteiger partial charge < -0.3 is 4.40 Å². The third kappa shape index (κ3) is 3.58. The van der Waals surface area contributed by atoms with Crippen LogP contribution in [0.1, 0.15) is 0 Å². The van der Waals surface area contributed by atoms with Crippen molar-refractivity contribution in [3.63, 3.8) is 0 Å². The van der Waals surface area contributed by atoms with E-state index in [0.29, 0.717) is 17.5 Å². The molecule has 0 saturated heterocycles. The van der Waals surface area contributed by atoms with Gasteiger partial charge in [-0.2, -0.15) is 0 Å². The lowest BCUT2D eigenvalue weighted by molar-refractivity contribution is 1.07. The van der Waals surface area contributed by atoms with Gasteiger partial charge in [0.1, 0.15) is 6.33 Å². The largest absolute Gasteiger partial charge is 0.307 e. The van der Waals surface area contributed by atoms with Crippen molar-refractivity contribution in [1.82, 2.24) is 28.7 Å². The maximum absolute atomic E-state index is 5.09. The van der Waals surface area contributed by atoms with Gasteiger partial charge in [0.2, 0.25) is 0 Å². The number of benzene rings is 6. The molecule has 10 aromatic rings. The van der Waals surface area contributed by atoms with Crippen LogP contribution in [0.4, 0.5) is 0 Å². The summed E-state index contributed by atoms with van der Waals surface area (Å²) in [5, 5.41) is 4.61. The highest BCUT2D eigenvalue weighted by Crippen LogP contribution is 2.39. The molecule has 0 fully saturated rings. The Labute approximate surface area is 262 Å². The molecule has 46 heavy (non-hydrogen) atoms. The molecule has 0 atom stereocenters. The Morgan fingerprint density at radius 1 is 0.391 bits per heavy atom. The van der Waals surface area contributed by atoms with E-state index in [9.17, 15) is 0 Å². The molecule has 6 heteroatoms. The van der Waals surface area contributed by atoms with E-state index in [2.05, 4.69) is 87.7 Å². The molecule has 0 aliphatic heterocycles. The molecular formula is C40H24N6. The monoisotopic (exact) mass is 588 g/mol. The van der Waals surface area contributed by atoms with E-state index in [4.69, 9.17) is 19.9 Å². The zero-order chi connectivity index (χ0) is 30.2. The van der Waals surface area contributed by atoms with E-state index >= 15 is 0 Å². The molecule has 10 rings (SSSR count). The zero-order valence-electron chi connectivity index (χ0n) is 24.5. The first-order valence-electron chi connectivity index (χ1n) is 15.3. The van der Waals surface area contributed by atoms with Gasteiger partial charge in [0.25, 0.3) is 0 Å². The summed E-state index contributed by atoms with van der Waals surface area (Å²) in [7, 11) is 0. The fourth-order valence-electron chi connectivity index (χ4n) is 6.94. The number of aromatic nitrogens is 6. The minimum Gasteiger partial charge on any atom is -0.307 e. The van der Waals surface area contributed by atoms with Crippen LogP contribution in [0.25, 0.3) is 88.8 Å². The average molecular weight is 589 g/mol. The first-order valence-corrected chi connectivity index (χ1v) is 15.3. The summed E-state index contributed by atoms with van der Waals surface area (Å²) in [6.07, 6.45) is 1.95. The molecule has 0 aliphatic rings. The van der Waals surface area contributed by atoms with Crippen LogP contribution in [0.2, 0.25) is 0 Å². The number of rotatable bonds is 3. The summed E-state index contributed by atoms with van der Waals surface area (Å²) in [4.78, 5) is 20.0. The second-order valence-corrected chi connectivity index (χ2v) is 11.6. The van der Waals surface area contributed by atoms with Crippen molar-refractivity contribution in [3.8, 4) is 34.2 Å². The van der Waals surface area contributed by atoms with Crippen LogP contribution >= 0.6 is 0 Å². The van der Waals surface area contributed by atoms with Crippen molar-refractivity contribution >= 4 is 54.6 Å². The molecule has 6 aromatic carbocycles. The Bertz CT molecular complexity index is 2740. The van der Waals surface area contributed by atoms with Crippen LogP contribution in [0.15, 0.2) is 146 Å². The summed E-state index contributed by atoms with van der Waals surface area (Å²) in [5.41, 5.74) is 9.25.